The first-order valence-corrected chi connectivity index (χ1v) is 10.3. The molecule has 9 heteroatoms. The Labute approximate surface area is 162 Å². The molecule has 6 nitrogen and oxygen atoms in total. The van der Waals surface area contributed by atoms with Crippen LogP contribution >= 0.6 is 0 Å². The predicted molar refractivity (Wildman–Crippen MR) is 103 cm³/mol. The lowest BCUT2D eigenvalue weighted by atomic mass is 10.2. The van der Waals surface area contributed by atoms with Gasteiger partial charge in [0.1, 0.15) is 0 Å². The van der Waals surface area contributed by atoms with Gasteiger partial charge >= 0.3 is 5.76 Å². The van der Waals surface area contributed by atoms with E-state index in [1.807, 2.05) is 35.2 Å². The molecule has 2 aromatic carbocycles. The molecule has 150 valence electrons. The Balaban J connectivity index is 1.49. The Kier molecular flexibility index (Phi) is 6.25. The number of benzene rings is 2. The fourth-order valence-electron chi connectivity index (χ4n) is 3.10. The summed E-state index contributed by atoms with van der Waals surface area (Å²) in [6, 6.07) is 14.8. The first-order chi connectivity index (χ1) is 13.3. The highest BCUT2D eigenvalue weighted by Crippen LogP contribution is 2.20. The van der Waals surface area contributed by atoms with Crippen LogP contribution in [0.3, 0.4) is 0 Å². The van der Waals surface area contributed by atoms with E-state index < -0.39 is 20.5 Å². The lowest BCUT2D eigenvalue weighted by Crippen LogP contribution is -2.33. The van der Waals surface area contributed by atoms with Crippen molar-refractivity contribution in [2.45, 2.75) is 23.1 Å². The highest BCUT2D eigenvalue weighted by molar-refractivity contribution is 7.91. The molecule has 3 rings (SSSR count). The lowest BCUT2D eigenvalue weighted by Gasteiger charge is -2.17. The maximum atomic E-state index is 12.5. The molecule has 2 aromatic rings. The zero-order valence-corrected chi connectivity index (χ0v) is 15.8. The maximum absolute atomic E-state index is 12.5. The number of alkyl halides is 2. The molecule has 0 radical (unpaired) electrons. The first kappa shape index (κ1) is 20.2. The minimum Gasteiger partial charge on any atom is -0.381 e. The summed E-state index contributed by atoms with van der Waals surface area (Å²) in [5, 5.41) is 6.09. The molecule has 2 N–H and O–H groups in total. The number of para-hydroxylation sites is 1. The maximum Gasteiger partial charge on any atom is 0.341 e. The molecule has 1 unspecified atom stereocenters. The molecule has 1 saturated heterocycles. The molecule has 0 saturated carbocycles. The van der Waals surface area contributed by atoms with E-state index in [4.69, 9.17) is 0 Å². The lowest BCUT2D eigenvalue weighted by molar-refractivity contribution is -0.117. The second-order valence-corrected chi connectivity index (χ2v) is 8.53. The summed E-state index contributed by atoms with van der Waals surface area (Å²) in [6.45, 7) is 1.71. The van der Waals surface area contributed by atoms with E-state index in [0.717, 1.165) is 37.3 Å². The number of amides is 1. The molecular weight excluding hydrogens is 388 g/mol. The van der Waals surface area contributed by atoms with Gasteiger partial charge in [-0.05, 0) is 42.8 Å². The molecule has 1 amide bonds. The summed E-state index contributed by atoms with van der Waals surface area (Å²) < 4.78 is 47.9. The zero-order chi connectivity index (χ0) is 20.1. The number of nitrogens with zero attached hydrogens (tertiary/aromatic N) is 1. The molecule has 0 bridgehead atoms. The zero-order valence-electron chi connectivity index (χ0n) is 15.0. The van der Waals surface area contributed by atoms with Crippen LogP contribution < -0.4 is 10.6 Å². The van der Waals surface area contributed by atoms with Crippen LogP contribution in [-0.4, -0.2) is 50.7 Å². The number of anilines is 2. The molecule has 1 heterocycles. The second-order valence-electron chi connectivity index (χ2n) is 6.61. The molecule has 1 aliphatic heterocycles. The van der Waals surface area contributed by atoms with Gasteiger partial charge in [0.15, 0.2) is 0 Å². The normalized spacial score (nSPS) is 17.6. The molecule has 0 aromatic heterocycles. The van der Waals surface area contributed by atoms with Crippen molar-refractivity contribution in [3.8, 4) is 0 Å². The smallest absolute Gasteiger partial charge is 0.341 e. The number of hydrogen-bond acceptors (Lipinski definition) is 5. The van der Waals surface area contributed by atoms with Crippen LogP contribution in [0.4, 0.5) is 20.2 Å². The van der Waals surface area contributed by atoms with Gasteiger partial charge in [-0.2, -0.15) is 8.78 Å². The van der Waals surface area contributed by atoms with Gasteiger partial charge in [-0.3, -0.25) is 9.69 Å². The van der Waals surface area contributed by atoms with Crippen molar-refractivity contribution >= 4 is 27.1 Å². The van der Waals surface area contributed by atoms with Crippen molar-refractivity contribution in [2.24, 2.45) is 0 Å². The molecule has 1 fully saturated rings. The van der Waals surface area contributed by atoms with Gasteiger partial charge in [-0.15, -0.1) is 0 Å². The monoisotopic (exact) mass is 409 g/mol. The van der Waals surface area contributed by atoms with Crippen molar-refractivity contribution in [2.75, 3.05) is 30.3 Å². The standard InChI is InChI=1S/C19H21F2N3O3S/c20-19(21)28(26,27)17-8-6-15(7-9-17)23-18(25)13-24-11-10-16(12-24)22-14-4-2-1-3-5-14/h1-9,16,19,22H,10-13H2,(H,23,25). The van der Waals surface area contributed by atoms with E-state index in [2.05, 4.69) is 10.6 Å². The molecule has 1 atom stereocenters. The SMILES string of the molecule is O=C(CN1CCC(Nc2ccccc2)C1)Nc1ccc(S(=O)(=O)C(F)F)cc1. The Bertz CT molecular complexity index is 906. The van der Waals surface area contributed by atoms with Gasteiger partial charge in [-0.1, -0.05) is 18.2 Å². The van der Waals surface area contributed by atoms with Crippen molar-refractivity contribution in [3.63, 3.8) is 0 Å². The van der Waals surface area contributed by atoms with Gasteiger partial charge in [-0.25, -0.2) is 8.42 Å². The molecule has 1 aliphatic rings. The van der Waals surface area contributed by atoms with Gasteiger partial charge in [0.25, 0.3) is 0 Å². The van der Waals surface area contributed by atoms with Crippen LogP contribution in [0, 0.1) is 0 Å². The molecule has 0 aliphatic carbocycles. The van der Waals surface area contributed by atoms with E-state index >= 15 is 0 Å². The number of sulfone groups is 1. The van der Waals surface area contributed by atoms with Gasteiger partial charge in [0, 0.05) is 30.5 Å². The van der Waals surface area contributed by atoms with Crippen LogP contribution in [0.25, 0.3) is 0 Å². The van der Waals surface area contributed by atoms with Crippen LogP contribution in [0.15, 0.2) is 59.5 Å². The van der Waals surface area contributed by atoms with Gasteiger partial charge < -0.3 is 10.6 Å². The number of rotatable bonds is 7. The van der Waals surface area contributed by atoms with Crippen LogP contribution in [0.1, 0.15) is 6.42 Å². The second kappa shape index (κ2) is 8.66. The topological polar surface area (TPSA) is 78.5 Å². The summed E-state index contributed by atoms with van der Waals surface area (Å²) in [6.07, 6.45) is 0.919. The third kappa shape index (κ3) is 5.05. The summed E-state index contributed by atoms with van der Waals surface area (Å²) in [4.78, 5) is 13.8. The largest absolute Gasteiger partial charge is 0.381 e. The molecular formula is C19H21F2N3O3S. The highest BCUT2D eigenvalue weighted by Gasteiger charge is 2.26. The number of likely N-dealkylation sites (tertiary alicyclic amines) is 1. The van der Waals surface area contributed by atoms with Crippen molar-refractivity contribution in [1.29, 1.82) is 0 Å². The third-order valence-corrected chi connectivity index (χ3v) is 5.88. The number of carbonyl (C=O) groups excluding carboxylic acids is 1. The Hall–Kier alpha value is -2.52. The van der Waals surface area contributed by atoms with E-state index in [1.165, 1.54) is 12.1 Å². The number of carbonyl (C=O) groups is 1. The summed E-state index contributed by atoms with van der Waals surface area (Å²) in [7, 11) is -4.63. The average molecular weight is 409 g/mol. The first-order valence-electron chi connectivity index (χ1n) is 8.80. The van der Waals surface area contributed by atoms with Gasteiger partial charge in [0.05, 0.1) is 11.4 Å². The fourth-order valence-corrected chi connectivity index (χ4v) is 3.82. The Morgan fingerprint density at radius 3 is 2.39 bits per heavy atom. The Morgan fingerprint density at radius 1 is 1.07 bits per heavy atom. The number of nitrogens with one attached hydrogen (secondary N) is 2. The minimum absolute atomic E-state index is 0.198. The molecule has 0 spiro atoms. The van der Waals surface area contributed by atoms with Crippen molar-refractivity contribution < 1.29 is 22.0 Å². The van der Waals surface area contributed by atoms with Crippen molar-refractivity contribution in [3.05, 3.63) is 54.6 Å². The van der Waals surface area contributed by atoms with Crippen LogP contribution in [-0.2, 0) is 14.6 Å². The van der Waals surface area contributed by atoms with Crippen LogP contribution in [0.2, 0.25) is 0 Å². The van der Waals surface area contributed by atoms with E-state index in [-0.39, 0.29) is 18.5 Å². The fraction of sp³-hybridized carbons (Fsp3) is 0.316. The predicted octanol–water partition coefficient (Wildman–Crippen LogP) is 2.81. The number of halogens is 2. The summed E-state index contributed by atoms with van der Waals surface area (Å²) in [5.74, 6) is -3.72. The van der Waals surface area contributed by atoms with Crippen LogP contribution in [0.5, 0.6) is 0 Å². The number of hydrogen-bond donors (Lipinski definition) is 2. The van der Waals surface area contributed by atoms with E-state index in [0.29, 0.717) is 5.69 Å². The van der Waals surface area contributed by atoms with E-state index in [9.17, 15) is 22.0 Å². The summed E-state index contributed by atoms with van der Waals surface area (Å²) >= 11 is 0. The quantitative estimate of drug-likeness (QED) is 0.735. The average Bonchev–Trinajstić information content (AvgIpc) is 3.09. The highest BCUT2D eigenvalue weighted by atomic mass is 32.2. The summed E-state index contributed by atoms with van der Waals surface area (Å²) in [5.41, 5.74) is 1.40. The minimum atomic E-state index is -4.63. The third-order valence-electron chi connectivity index (χ3n) is 4.49. The Morgan fingerprint density at radius 2 is 1.75 bits per heavy atom. The van der Waals surface area contributed by atoms with Crippen molar-refractivity contribution in [1.82, 2.24) is 4.90 Å². The van der Waals surface area contributed by atoms with Gasteiger partial charge in [0.2, 0.25) is 15.7 Å². The molecule has 28 heavy (non-hydrogen) atoms. The van der Waals surface area contributed by atoms with E-state index in [1.54, 1.807) is 0 Å².